The smallest absolute Gasteiger partial charge is 0.144 e. The van der Waals surface area contributed by atoms with Gasteiger partial charge in [-0.3, -0.25) is 0 Å². The van der Waals surface area contributed by atoms with Gasteiger partial charge in [0.1, 0.15) is 5.69 Å². The van der Waals surface area contributed by atoms with Crippen molar-refractivity contribution in [3.63, 3.8) is 0 Å². The van der Waals surface area contributed by atoms with E-state index in [9.17, 15) is 0 Å². The Kier molecular flexibility index (Phi) is 8.97. The second-order valence-electron chi connectivity index (χ2n) is 2.73. The Labute approximate surface area is 103 Å². The third-order valence-electron chi connectivity index (χ3n) is 1.70. The van der Waals surface area contributed by atoms with E-state index in [1.165, 1.54) is 10.6 Å². The summed E-state index contributed by atoms with van der Waals surface area (Å²) in [5, 5.41) is 3.03. The molecule has 0 unspecified atom stereocenters. The van der Waals surface area contributed by atoms with E-state index in [0.29, 0.717) is 0 Å². The Bertz CT molecular complexity index is 276. The maximum absolute atomic E-state index is 5.92. The second-order valence-corrected chi connectivity index (χ2v) is 4.47. The lowest BCUT2D eigenvalue weighted by molar-refractivity contribution is -0.570. The number of hydrogen-bond donors (Lipinski definition) is 1. The molecule has 1 aromatic rings. The first kappa shape index (κ1) is 14.8. The third kappa shape index (κ3) is 5.45. The van der Waals surface area contributed by atoms with E-state index in [4.69, 9.17) is 11.6 Å². The molecule has 0 saturated heterocycles. The fraction of sp³-hybridized carbons (Fsp3) is 0.500. The first-order chi connectivity index (χ1) is 7.27. The summed E-state index contributed by atoms with van der Waals surface area (Å²) in [5.41, 5.74) is 1.27. The van der Waals surface area contributed by atoms with Crippen LogP contribution in [0.3, 0.4) is 0 Å². The molecule has 0 aliphatic carbocycles. The Morgan fingerprint density at radius 2 is 1.93 bits per heavy atom. The van der Waals surface area contributed by atoms with Crippen LogP contribution in [0.5, 0.6) is 0 Å². The molecule has 0 saturated carbocycles. The molecular formula is C12H21ClNS+. The number of benzene rings is 1. The maximum Gasteiger partial charge on any atom is 0.144 e. The third-order valence-corrected chi connectivity index (χ3v) is 2.90. The fourth-order valence-corrected chi connectivity index (χ4v) is 2.15. The highest BCUT2D eigenvalue weighted by Gasteiger charge is 2.05. The van der Waals surface area contributed by atoms with Crippen LogP contribution in [-0.2, 0) is 0 Å². The van der Waals surface area contributed by atoms with Gasteiger partial charge < -0.3 is 5.32 Å². The fourth-order valence-electron chi connectivity index (χ4n) is 1.19. The zero-order chi connectivity index (χ0) is 11.7. The van der Waals surface area contributed by atoms with Gasteiger partial charge in [0, 0.05) is 11.1 Å². The van der Waals surface area contributed by atoms with Crippen molar-refractivity contribution in [2.24, 2.45) is 0 Å². The summed E-state index contributed by atoms with van der Waals surface area (Å²) in [6.45, 7) is 9.36. The molecule has 1 nitrogen and oxygen atoms in total. The summed E-state index contributed by atoms with van der Waals surface area (Å²) in [6, 6.07) is 6.08. The predicted molar refractivity (Wildman–Crippen MR) is 71.3 cm³/mol. The van der Waals surface area contributed by atoms with E-state index >= 15 is 0 Å². The summed E-state index contributed by atoms with van der Waals surface area (Å²) in [4.78, 5) is 1.33. The van der Waals surface area contributed by atoms with E-state index in [1.807, 2.05) is 37.7 Å². The highest BCUT2D eigenvalue weighted by Crippen LogP contribution is 2.26. The molecule has 1 rings (SSSR count). The van der Waals surface area contributed by atoms with Gasteiger partial charge in [0.05, 0.1) is 11.4 Å². The van der Waals surface area contributed by atoms with Crippen molar-refractivity contribution < 1.29 is 5.32 Å². The number of quaternary nitrogens is 1. The lowest BCUT2D eigenvalue weighted by Gasteiger charge is -2.04. The number of thioether (sulfide) groups is 1. The molecule has 0 atom stereocenters. The summed E-state index contributed by atoms with van der Waals surface area (Å²) in [5.74, 6) is 1.10. The molecule has 1 aromatic carbocycles. The molecule has 0 aliphatic heterocycles. The van der Waals surface area contributed by atoms with Gasteiger partial charge in [-0.05, 0) is 24.8 Å². The molecule has 15 heavy (non-hydrogen) atoms. The second kappa shape index (κ2) is 9.08. The summed E-state index contributed by atoms with van der Waals surface area (Å²) in [7, 11) is 0. The molecule has 2 N–H and O–H groups in total. The van der Waals surface area contributed by atoms with Crippen LogP contribution in [0.4, 0.5) is 5.69 Å². The molecule has 0 heterocycles. The van der Waals surface area contributed by atoms with Gasteiger partial charge in [-0.1, -0.05) is 32.4 Å². The molecule has 0 aromatic heterocycles. The van der Waals surface area contributed by atoms with Gasteiger partial charge in [0.2, 0.25) is 0 Å². The molecule has 0 amide bonds. The molecule has 0 spiro atoms. The first-order valence-electron chi connectivity index (χ1n) is 5.53. The van der Waals surface area contributed by atoms with Crippen LogP contribution in [0.1, 0.15) is 27.7 Å². The normalized spacial score (nSPS) is 9.40. The summed E-state index contributed by atoms with van der Waals surface area (Å²) >= 11 is 7.78. The Hall–Kier alpha value is -0.180. The van der Waals surface area contributed by atoms with Gasteiger partial charge in [-0.15, -0.1) is 11.8 Å². The minimum Gasteiger partial charge on any atom is -0.313 e. The maximum atomic E-state index is 5.92. The van der Waals surface area contributed by atoms with Crippen LogP contribution in [-0.4, -0.2) is 12.3 Å². The van der Waals surface area contributed by atoms with Gasteiger partial charge in [-0.25, -0.2) is 0 Å². The van der Waals surface area contributed by atoms with Crippen LogP contribution in [0.2, 0.25) is 5.02 Å². The zero-order valence-corrected chi connectivity index (χ0v) is 11.6. The SMILES string of the molecule is CC.CC[NH2+]c1cc(Cl)ccc1SCC. The highest BCUT2D eigenvalue weighted by molar-refractivity contribution is 7.99. The van der Waals surface area contributed by atoms with Crippen LogP contribution in [0.15, 0.2) is 23.1 Å². The Morgan fingerprint density at radius 3 is 2.47 bits per heavy atom. The lowest BCUT2D eigenvalue weighted by atomic mass is 10.3. The minimum absolute atomic E-state index is 0.820. The number of nitrogens with two attached hydrogens (primary N) is 1. The average molecular weight is 247 g/mol. The molecular weight excluding hydrogens is 226 g/mol. The molecule has 86 valence electrons. The van der Waals surface area contributed by atoms with Crippen molar-refractivity contribution >= 4 is 29.1 Å². The quantitative estimate of drug-likeness (QED) is 0.633. The number of halogens is 1. The van der Waals surface area contributed by atoms with Crippen molar-refractivity contribution in [2.45, 2.75) is 32.6 Å². The van der Waals surface area contributed by atoms with E-state index in [0.717, 1.165) is 17.3 Å². The highest BCUT2D eigenvalue weighted by atomic mass is 35.5. The standard InChI is InChI=1S/C10H14ClNS.C2H6/c1-3-12-9-7-8(11)5-6-10(9)13-4-2;1-2/h5-7,12H,3-4H2,1-2H3;1-2H3/p+1. The first-order valence-corrected chi connectivity index (χ1v) is 6.89. The van der Waals surface area contributed by atoms with Crippen molar-refractivity contribution in [3.05, 3.63) is 23.2 Å². The van der Waals surface area contributed by atoms with E-state index < -0.39 is 0 Å². The van der Waals surface area contributed by atoms with Gasteiger partial charge in [-0.2, -0.15) is 0 Å². The number of hydrogen-bond acceptors (Lipinski definition) is 1. The van der Waals surface area contributed by atoms with Crippen LogP contribution in [0.25, 0.3) is 0 Å². The molecule has 0 radical (unpaired) electrons. The Balaban J connectivity index is 0.000000921. The predicted octanol–water partition coefficient (Wildman–Crippen LogP) is 3.69. The lowest BCUT2D eigenvalue weighted by Crippen LogP contribution is -2.77. The monoisotopic (exact) mass is 246 g/mol. The number of rotatable bonds is 4. The van der Waals surface area contributed by atoms with E-state index in [1.54, 1.807) is 0 Å². The topological polar surface area (TPSA) is 16.6 Å². The van der Waals surface area contributed by atoms with Gasteiger partial charge in [0.15, 0.2) is 0 Å². The van der Waals surface area contributed by atoms with E-state index in [2.05, 4.69) is 25.2 Å². The van der Waals surface area contributed by atoms with Crippen LogP contribution < -0.4 is 5.32 Å². The summed E-state index contributed by atoms with van der Waals surface area (Å²) < 4.78 is 0. The molecule has 3 heteroatoms. The van der Waals surface area contributed by atoms with Crippen LogP contribution in [0, 0.1) is 0 Å². The largest absolute Gasteiger partial charge is 0.313 e. The van der Waals surface area contributed by atoms with Crippen LogP contribution >= 0.6 is 23.4 Å². The van der Waals surface area contributed by atoms with Crippen molar-refractivity contribution in [2.75, 3.05) is 12.3 Å². The van der Waals surface area contributed by atoms with Crippen molar-refractivity contribution in [1.82, 2.24) is 0 Å². The van der Waals surface area contributed by atoms with E-state index in [-0.39, 0.29) is 0 Å². The Morgan fingerprint density at radius 1 is 1.27 bits per heavy atom. The van der Waals surface area contributed by atoms with Gasteiger partial charge in [0.25, 0.3) is 0 Å². The summed E-state index contributed by atoms with van der Waals surface area (Å²) in [6.07, 6.45) is 0. The van der Waals surface area contributed by atoms with Crippen molar-refractivity contribution in [1.29, 1.82) is 0 Å². The van der Waals surface area contributed by atoms with Crippen molar-refractivity contribution in [3.8, 4) is 0 Å². The van der Waals surface area contributed by atoms with Gasteiger partial charge >= 0.3 is 0 Å². The minimum atomic E-state index is 0.820. The average Bonchev–Trinajstić information content (AvgIpc) is 2.26. The molecule has 0 aliphatic rings. The molecule has 0 bridgehead atoms. The molecule has 0 fully saturated rings. The zero-order valence-electron chi connectivity index (χ0n) is 10.0.